The van der Waals surface area contributed by atoms with Crippen LogP contribution in [0.15, 0.2) is 65.5 Å². The van der Waals surface area contributed by atoms with E-state index in [4.69, 9.17) is 4.42 Å². The van der Waals surface area contributed by atoms with Gasteiger partial charge in [-0.3, -0.25) is 9.97 Å². The van der Waals surface area contributed by atoms with Crippen LogP contribution in [0, 0.1) is 13.8 Å². The highest BCUT2D eigenvalue weighted by molar-refractivity contribution is 6.14. The molecule has 0 radical (unpaired) electrons. The van der Waals surface area contributed by atoms with Gasteiger partial charge in [-0.25, -0.2) is 0 Å². The summed E-state index contributed by atoms with van der Waals surface area (Å²) in [6.07, 6.45) is 5.73. The number of hydrogen-bond donors (Lipinski definition) is 0. The van der Waals surface area contributed by atoms with Crippen molar-refractivity contribution in [1.29, 1.82) is 0 Å². The number of hydrogen-bond acceptors (Lipinski definition) is 3. The van der Waals surface area contributed by atoms with Crippen molar-refractivity contribution in [2.75, 3.05) is 0 Å². The summed E-state index contributed by atoms with van der Waals surface area (Å²) in [7, 11) is 0. The fourth-order valence-electron chi connectivity index (χ4n) is 5.07. The summed E-state index contributed by atoms with van der Waals surface area (Å²) in [6.45, 7) is 8.77. The summed E-state index contributed by atoms with van der Waals surface area (Å²) in [6, 6.07) is 15.1. The number of fused-ring (bicyclic) bond motifs is 7. The van der Waals surface area contributed by atoms with Gasteiger partial charge in [0.1, 0.15) is 11.2 Å². The van der Waals surface area contributed by atoms with Crippen LogP contribution in [-0.4, -0.2) is 9.97 Å². The van der Waals surface area contributed by atoms with Gasteiger partial charge in [0.2, 0.25) is 0 Å². The average molecular weight is 390 g/mol. The van der Waals surface area contributed by atoms with E-state index in [-0.39, 0.29) is 5.41 Å². The predicted molar refractivity (Wildman–Crippen MR) is 122 cm³/mol. The molecule has 3 heteroatoms. The Labute approximate surface area is 175 Å². The largest absolute Gasteiger partial charge is 0.455 e. The van der Waals surface area contributed by atoms with Crippen molar-refractivity contribution in [3.63, 3.8) is 0 Å². The molecule has 1 aliphatic rings. The SMILES string of the molecule is Cc1ccnc(-c2c(C)ccc3c2oc2c4c(ccc23)C(C)(C)c2ccncc2-4)c1. The maximum Gasteiger partial charge on any atom is 0.145 e. The number of benzene rings is 2. The Morgan fingerprint density at radius 2 is 1.57 bits per heavy atom. The zero-order valence-electron chi connectivity index (χ0n) is 17.6. The van der Waals surface area contributed by atoms with Crippen molar-refractivity contribution in [2.24, 2.45) is 0 Å². The monoisotopic (exact) mass is 390 g/mol. The molecule has 0 atom stereocenters. The third-order valence-corrected chi connectivity index (χ3v) is 6.63. The Balaban J connectivity index is 1.76. The maximum atomic E-state index is 6.68. The molecule has 0 unspecified atom stereocenters. The van der Waals surface area contributed by atoms with Gasteiger partial charge in [-0.2, -0.15) is 0 Å². The fraction of sp³-hybridized carbons (Fsp3) is 0.185. The van der Waals surface area contributed by atoms with E-state index in [9.17, 15) is 0 Å². The van der Waals surface area contributed by atoms with E-state index in [0.29, 0.717) is 0 Å². The lowest BCUT2D eigenvalue weighted by atomic mass is 9.82. The summed E-state index contributed by atoms with van der Waals surface area (Å²) in [5.41, 5.74) is 11.1. The number of aryl methyl sites for hydroxylation is 2. The molecule has 0 amide bonds. The highest BCUT2D eigenvalue weighted by Gasteiger charge is 2.37. The lowest BCUT2D eigenvalue weighted by molar-refractivity contribution is 0.653. The summed E-state index contributed by atoms with van der Waals surface area (Å²) < 4.78 is 6.68. The fourth-order valence-corrected chi connectivity index (χ4v) is 5.07. The topological polar surface area (TPSA) is 38.9 Å². The Hall–Kier alpha value is -3.46. The van der Waals surface area contributed by atoms with Crippen molar-refractivity contribution < 1.29 is 4.42 Å². The molecule has 6 rings (SSSR count). The van der Waals surface area contributed by atoms with Crippen molar-refractivity contribution in [3.05, 3.63) is 83.3 Å². The normalized spacial score (nSPS) is 14.3. The van der Waals surface area contributed by atoms with E-state index in [1.807, 2.05) is 24.7 Å². The molecule has 5 aromatic rings. The van der Waals surface area contributed by atoms with E-state index >= 15 is 0 Å². The highest BCUT2D eigenvalue weighted by atomic mass is 16.3. The molecule has 3 aromatic heterocycles. The smallest absolute Gasteiger partial charge is 0.145 e. The predicted octanol–water partition coefficient (Wildman–Crippen LogP) is 6.97. The van der Waals surface area contributed by atoms with Crippen molar-refractivity contribution >= 4 is 21.9 Å². The molecule has 2 aromatic carbocycles. The molecule has 146 valence electrons. The molecule has 3 nitrogen and oxygen atoms in total. The molecule has 0 saturated heterocycles. The average Bonchev–Trinajstić information content (AvgIpc) is 3.21. The van der Waals surface area contributed by atoms with Gasteiger partial charge in [0.15, 0.2) is 0 Å². The first-order valence-corrected chi connectivity index (χ1v) is 10.3. The molecule has 0 bridgehead atoms. The summed E-state index contributed by atoms with van der Waals surface area (Å²) in [5, 5.41) is 2.28. The van der Waals surface area contributed by atoms with Gasteiger partial charge in [0, 0.05) is 51.5 Å². The number of rotatable bonds is 1. The van der Waals surface area contributed by atoms with Crippen LogP contribution >= 0.6 is 0 Å². The van der Waals surface area contributed by atoms with Crippen LogP contribution in [0.25, 0.3) is 44.3 Å². The third kappa shape index (κ3) is 2.15. The minimum atomic E-state index is -0.0718. The van der Waals surface area contributed by atoms with Gasteiger partial charge in [-0.05, 0) is 54.3 Å². The zero-order chi connectivity index (χ0) is 20.6. The first-order chi connectivity index (χ1) is 14.5. The zero-order valence-corrected chi connectivity index (χ0v) is 17.6. The second kappa shape index (κ2) is 5.79. The molecule has 30 heavy (non-hydrogen) atoms. The summed E-state index contributed by atoms with van der Waals surface area (Å²) in [4.78, 5) is 9.07. The van der Waals surface area contributed by atoms with Crippen LogP contribution in [-0.2, 0) is 5.41 Å². The molecule has 0 aliphatic heterocycles. The molecule has 0 spiro atoms. The first-order valence-electron chi connectivity index (χ1n) is 10.3. The van der Waals surface area contributed by atoms with Gasteiger partial charge < -0.3 is 4.42 Å². The lowest BCUT2D eigenvalue weighted by Crippen LogP contribution is -2.14. The van der Waals surface area contributed by atoms with Gasteiger partial charge in [-0.1, -0.05) is 38.1 Å². The summed E-state index contributed by atoms with van der Waals surface area (Å²) in [5.74, 6) is 0. The maximum absolute atomic E-state index is 6.68. The molecular weight excluding hydrogens is 368 g/mol. The quantitative estimate of drug-likeness (QED) is 0.310. The van der Waals surface area contributed by atoms with Gasteiger partial charge in [-0.15, -0.1) is 0 Å². The first kappa shape index (κ1) is 17.4. The Morgan fingerprint density at radius 1 is 0.800 bits per heavy atom. The molecule has 3 heterocycles. The van der Waals surface area contributed by atoms with E-state index in [0.717, 1.165) is 33.2 Å². The van der Waals surface area contributed by atoms with Crippen LogP contribution in [0.5, 0.6) is 0 Å². The molecular formula is C27H22N2O. The van der Waals surface area contributed by atoms with Crippen molar-refractivity contribution in [1.82, 2.24) is 9.97 Å². The van der Waals surface area contributed by atoms with Crippen LogP contribution < -0.4 is 0 Å². The minimum Gasteiger partial charge on any atom is -0.455 e. The number of furan rings is 1. The number of aromatic nitrogens is 2. The number of nitrogens with zero attached hydrogens (tertiary/aromatic N) is 2. The van der Waals surface area contributed by atoms with E-state index < -0.39 is 0 Å². The second-order valence-corrected chi connectivity index (χ2v) is 8.87. The number of pyridine rings is 2. The second-order valence-electron chi connectivity index (χ2n) is 8.87. The minimum absolute atomic E-state index is 0.0718. The Kier molecular flexibility index (Phi) is 3.36. The third-order valence-electron chi connectivity index (χ3n) is 6.63. The lowest BCUT2D eigenvalue weighted by Gasteiger charge is -2.20. The standard InChI is InChI=1S/C27H22N2O/c1-15-9-12-29-22(13-15)23-16(2)5-6-17-18-7-8-21-24(26(18)30-25(17)23)19-14-28-11-10-20(19)27(21,3)4/h5-14H,1-4H3. The summed E-state index contributed by atoms with van der Waals surface area (Å²) >= 11 is 0. The molecule has 0 fully saturated rings. The van der Waals surface area contributed by atoms with Gasteiger partial charge >= 0.3 is 0 Å². The van der Waals surface area contributed by atoms with Crippen molar-refractivity contribution in [3.8, 4) is 22.4 Å². The van der Waals surface area contributed by atoms with E-state index in [1.165, 1.54) is 33.4 Å². The van der Waals surface area contributed by atoms with Gasteiger partial charge in [0.05, 0.1) is 5.69 Å². The van der Waals surface area contributed by atoms with E-state index in [1.54, 1.807) is 0 Å². The van der Waals surface area contributed by atoms with Gasteiger partial charge in [0.25, 0.3) is 0 Å². The molecule has 0 N–H and O–H groups in total. The molecule has 0 saturated carbocycles. The van der Waals surface area contributed by atoms with Crippen LogP contribution in [0.3, 0.4) is 0 Å². The van der Waals surface area contributed by atoms with Crippen LogP contribution in [0.4, 0.5) is 0 Å². The van der Waals surface area contributed by atoms with Crippen LogP contribution in [0.1, 0.15) is 36.1 Å². The van der Waals surface area contributed by atoms with Crippen LogP contribution in [0.2, 0.25) is 0 Å². The Bertz CT molecular complexity index is 1490. The van der Waals surface area contributed by atoms with E-state index in [2.05, 4.69) is 74.1 Å². The molecule has 1 aliphatic carbocycles. The Morgan fingerprint density at radius 3 is 2.37 bits per heavy atom. The highest BCUT2D eigenvalue weighted by Crippen LogP contribution is 2.52. The van der Waals surface area contributed by atoms with Crippen molar-refractivity contribution in [2.45, 2.75) is 33.1 Å².